The van der Waals surface area contributed by atoms with Gasteiger partial charge in [-0.3, -0.25) is 0 Å². The van der Waals surface area contributed by atoms with Crippen LogP contribution >= 0.6 is 0 Å². The molecule has 124 valence electrons. The van der Waals surface area contributed by atoms with Gasteiger partial charge in [0.25, 0.3) is 0 Å². The number of benzene rings is 1. The Morgan fingerprint density at radius 2 is 2.00 bits per heavy atom. The van der Waals surface area contributed by atoms with Crippen molar-refractivity contribution in [3.8, 4) is 5.69 Å². The van der Waals surface area contributed by atoms with Crippen LogP contribution in [0.1, 0.15) is 32.0 Å². The molecule has 1 aromatic heterocycles. The van der Waals surface area contributed by atoms with Gasteiger partial charge in [-0.2, -0.15) is 0 Å². The third-order valence-corrected chi connectivity index (χ3v) is 3.16. The molecule has 2 aromatic rings. The van der Waals surface area contributed by atoms with Crippen molar-refractivity contribution in [2.75, 3.05) is 6.54 Å². The summed E-state index contributed by atoms with van der Waals surface area (Å²) in [6, 6.07) is 7.60. The first-order chi connectivity index (χ1) is 10.9. The molecule has 0 aliphatic rings. The second kappa shape index (κ2) is 7.28. The highest BCUT2D eigenvalue weighted by molar-refractivity contribution is 5.67. The number of alkyl carbamates (subject to hydrolysis) is 1. The van der Waals surface area contributed by atoms with Crippen molar-refractivity contribution >= 4 is 6.09 Å². The second-order valence-electron chi connectivity index (χ2n) is 6.26. The van der Waals surface area contributed by atoms with E-state index < -0.39 is 11.7 Å². The molecule has 0 aliphatic heterocycles. The Balaban J connectivity index is 1.94. The minimum atomic E-state index is -0.500. The number of nitrogens with one attached hydrogen (secondary N) is 1. The number of nitrogens with zero attached hydrogens (tertiary/aromatic N) is 2. The number of carbonyl (C=O) groups is 1. The van der Waals surface area contributed by atoms with Crippen LogP contribution in [0.5, 0.6) is 0 Å². The third kappa shape index (κ3) is 5.10. The van der Waals surface area contributed by atoms with E-state index in [0.29, 0.717) is 13.0 Å². The Kier molecular flexibility index (Phi) is 5.39. The van der Waals surface area contributed by atoms with Crippen LogP contribution in [0.15, 0.2) is 36.8 Å². The molecule has 1 heterocycles. The molecule has 2 rings (SSSR count). The molecule has 0 unspecified atom stereocenters. The normalized spacial score (nSPS) is 11.3. The van der Waals surface area contributed by atoms with Gasteiger partial charge in [-0.25, -0.2) is 9.78 Å². The smallest absolute Gasteiger partial charge is 0.407 e. The lowest BCUT2D eigenvalue weighted by Gasteiger charge is -2.19. The van der Waals surface area contributed by atoms with Crippen molar-refractivity contribution < 1.29 is 14.6 Å². The summed E-state index contributed by atoms with van der Waals surface area (Å²) in [6.45, 7) is 5.99. The van der Waals surface area contributed by atoms with E-state index in [1.165, 1.54) is 0 Å². The fraction of sp³-hybridized carbons (Fsp3) is 0.412. The molecule has 1 amide bonds. The third-order valence-electron chi connectivity index (χ3n) is 3.16. The minimum Gasteiger partial charge on any atom is -0.444 e. The average molecular weight is 317 g/mol. The number of hydrogen-bond acceptors (Lipinski definition) is 4. The van der Waals surface area contributed by atoms with Crippen LogP contribution in [0.4, 0.5) is 4.79 Å². The molecule has 1 aromatic carbocycles. The first kappa shape index (κ1) is 17.0. The van der Waals surface area contributed by atoms with Gasteiger partial charge in [-0.05, 0) is 38.5 Å². The zero-order valence-corrected chi connectivity index (χ0v) is 13.7. The summed E-state index contributed by atoms with van der Waals surface area (Å²) in [6.07, 6.45) is 3.73. The molecule has 23 heavy (non-hydrogen) atoms. The molecule has 0 atom stereocenters. The molecule has 0 bridgehead atoms. The maximum absolute atomic E-state index is 11.6. The summed E-state index contributed by atoms with van der Waals surface area (Å²) in [4.78, 5) is 15.8. The average Bonchev–Trinajstić information content (AvgIpc) is 2.94. The predicted molar refractivity (Wildman–Crippen MR) is 87.4 cm³/mol. The Bertz CT molecular complexity index is 642. The lowest BCUT2D eigenvalue weighted by atomic mass is 10.2. The predicted octanol–water partition coefficient (Wildman–Crippen LogP) is 2.43. The molecule has 0 saturated heterocycles. The van der Waals surface area contributed by atoms with Crippen LogP contribution < -0.4 is 5.32 Å². The quantitative estimate of drug-likeness (QED) is 0.888. The van der Waals surface area contributed by atoms with Gasteiger partial charge in [-0.1, -0.05) is 12.1 Å². The summed E-state index contributed by atoms with van der Waals surface area (Å²) < 4.78 is 7.16. The first-order valence-corrected chi connectivity index (χ1v) is 7.57. The van der Waals surface area contributed by atoms with E-state index >= 15 is 0 Å². The summed E-state index contributed by atoms with van der Waals surface area (Å²) in [7, 11) is 0. The molecular formula is C17H23N3O3. The maximum atomic E-state index is 11.6. The van der Waals surface area contributed by atoms with Gasteiger partial charge in [-0.15, -0.1) is 0 Å². The molecule has 6 heteroatoms. The monoisotopic (exact) mass is 317 g/mol. The van der Waals surface area contributed by atoms with E-state index in [2.05, 4.69) is 10.3 Å². The number of amides is 1. The van der Waals surface area contributed by atoms with E-state index in [9.17, 15) is 4.79 Å². The van der Waals surface area contributed by atoms with E-state index in [4.69, 9.17) is 9.84 Å². The van der Waals surface area contributed by atoms with E-state index in [0.717, 1.165) is 16.9 Å². The first-order valence-electron chi connectivity index (χ1n) is 7.57. The molecular weight excluding hydrogens is 294 g/mol. The highest BCUT2D eigenvalue weighted by atomic mass is 16.6. The summed E-state index contributed by atoms with van der Waals surface area (Å²) >= 11 is 0. The van der Waals surface area contributed by atoms with Crippen LogP contribution in [0, 0.1) is 0 Å². The fourth-order valence-electron chi connectivity index (χ4n) is 2.11. The summed E-state index contributed by atoms with van der Waals surface area (Å²) in [5, 5.41) is 11.8. The van der Waals surface area contributed by atoms with E-state index in [1.54, 1.807) is 12.5 Å². The second-order valence-corrected chi connectivity index (χ2v) is 6.26. The fourth-order valence-corrected chi connectivity index (χ4v) is 2.11. The number of aliphatic hydroxyl groups excluding tert-OH is 1. The van der Waals surface area contributed by atoms with Gasteiger partial charge in [0.1, 0.15) is 5.60 Å². The van der Waals surface area contributed by atoms with Gasteiger partial charge in [0.2, 0.25) is 0 Å². The summed E-state index contributed by atoms with van der Waals surface area (Å²) in [5.41, 5.74) is 2.31. The molecule has 0 aliphatic carbocycles. The lowest BCUT2D eigenvalue weighted by molar-refractivity contribution is 0.0528. The van der Waals surface area contributed by atoms with Gasteiger partial charge >= 0.3 is 6.09 Å². The number of aromatic nitrogens is 2. The Labute approximate surface area is 136 Å². The van der Waals surface area contributed by atoms with Gasteiger partial charge in [0, 0.05) is 30.5 Å². The van der Waals surface area contributed by atoms with Gasteiger partial charge < -0.3 is 19.7 Å². The molecule has 0 radical (unpaired) electrons. The number of hydrogen-bond donors (Lipinski definition) is 2. The minimum absolute atomic E-state index is 0.0247. The van der Waals surface area contributed by atoms with Crippen LogP contribution in [0.2, 0.25) is 0 Å². The number of rotatable bonds is 5. The van der Waals surface area contributed by atoms with Crippen molar-refractivity contribution in [1.29, 1.82) is 0 Å². The van der Waals surface area contributed by atoms with Gasteiger partial charge in [0.15, 0.2) is 0 Å². The van der Waals surface area contributed by atoms with Gasteiger partial charge in [0.05, 0.1) is 12.9 Å². The molecule has 0 spiro atoms. The van der Waals surface area contributed by atoms with Crippen LogP contribution in [0.25, 0.3) is 5.69 Å². The molecule has 2 N–H and O–H groups in total. The molecule has 0 fully saturated rings. The number of imidazole rings is 1. The maximum Gasteiger partial charge on any atom is 0.407 e. The lowest BCUT2D eigenvalue weighted by Crippen LogP contribution is -2.33. The Morgan fingerprint density at radius 1 is 1.30 bits per heavy atom. The van der Waals surface area contributed by atoms with Crippen LogP contribution in [-0.4, -0.2) is 32.9 Å². The number of ether oxygens (including phenoxy) is 1. The Morgan fingerprint density at radius 3 is 2.61 bits per heavy atom. The highest BCUT2D eigenvalue weighted by Gasteiger charge is 2.15. The molecule has 6 nitrogen and oxygen atoms in total. The Hall–Kier alpha value is -2.34. The standard InChI is InChI=1S/C17H23N3O3/c1-17(2,3)23-16(22)19-9-8-15-10-18-12-20(15)14-6-4-13(11-21)5-7-14/h4-7,10,12,21H,8-9,11H2,1-3H3,(H,19,22). The zero-order chi connectivity index (χ0) is 16.9. The zero-order valence-electron chi connectivity index (χ0n) is 13.7. The van der Waals surface area contributed by atoms with Crippen molar-refractivity contribution in [3.63, 3.8) is 0 Å². The SMILES string of the molecule is CC(C)(C)OC(=O)NCCc1cncn1-c1ccc(CO)cc1. The van der Waals surface area contributed by atoms with Crippen LogP contribution in [-0.2, 0) is 17.8 Å². The van der Waals surface area contributed by atoms with Crippen LogP contribution in [0.3, 0.4) is 0 Å². The van der Waals surface area contributed by atoms with Crippen molar-refractivity contribution in [2.24, 2.45) is 0 Å². The van der Waals surface area contributed by atoms with Crippen molar-refractivity contribution in [2.45, 2.75) is 39.4 Å². The van der Waals surface area contributed by atoms with Crippen molar-refractivity contribution in [1.82, 2.24) is 14.9 Å². The highest BCUT2D eigenvalue weighted by Crippen LogP contribution is 2.13. The largest absolute Gasteiger partial charge is 0.444 e. The topological polar surface area (TPSA) is 76.4 Å². The van der Waals surface area contributed by atoms with Crippen molar-refractivity contribution in [3.05, 3.63) is 48.0 Å². The van der Waals surface area contributed by atoms with E-state index in [1.807, 2.05) is 49.6 Å². The molecule has 0 saturated carbocycles. The summed E-state index contributed by atoms with van der Waals surface area (Å²) in [5.74, 6) is 0. The van der Waals surface area contributed by atoms with E-state index in [-0.39, 0.29) is 6.61 Å². The number of aliphatic hydroxyl groups is 1. The number of carbonyl (C=O) groups excluding carboxylic acids is 1.